The van der Waals surface area contributed by atoms with E-state index < -0.39 is 6.04 Å². The number of carbonyl (C=O) groups is 1. The van der Waals surface area contributed by atoms with Gasteiger partial charge in [-0.1, -0.05) is 27.4 Å². The summed E-state index contributed by atoms with van der Waals surface area (Å²) in [5.74, 6) is -0.110. The first-order valence-corrected chi connectivity index (χ1v) is 5.15. The summed E-state index contributed by atoms with van der Waals surface area (Å²) in [4.78, 5) is 11.5. The Balaban J connectivity index is 3.70. The van der Waals surface area contributed by atoms with E-state index in [1.54, 1.807) is 0 Å². The number of nitrogens with two attached hydrogens (primary N) is 1. The van der Waals surface area contributed by atoms with E-state index in [-0.39, 0.29) is 11.3 Å². The molecule has 4 nitrogen and oxygen atoms in total. The number of ether oxygens (including phenoxy) is 1. The van der Waals surface area contributed by atoms with Crippen LogP contribution in [0.15, 0.2) is 12.8 Å². The van der Waals surface area contributed by atoms with Crippen molar-refractivity contribution in [2.45, 2.75) is 33.2 Å². The maximum atomic E-state index is 11.5. The van der Waals surface area contributed by atoms with E-state index in [0.29, 0.717) is 13.2 Å². The first-order chi connectivity index (χ1) is 6.89. The molecule has 0 aliphatic carbocycles. The van der Waals surface area contributed by atoms with Crippen LogP contribution in [0.3, 0.4) is 0 Å². The molecule has 0 aromatic carbocycles. The molecule has 0 spiro atoms. The van der Waals surface area contributed by atoms with Crippen molar-refractivity contribution in [2.24, 2.45) is 11.1 Å². The highest BCUT2D eigenvalue weighted by atomic mass is 16.5. The molecule has 88 valence electrons. The van der Waals surface area contributed by atoms with Gasteiger partial charge in [0.1, 0.15) is 0 Å². The van der Waals surface area contributed by atoms with Gasteiger partial charge in [0.15, 0.2) is 0 Å². The Morgan fingerprint density at radius 1 is 1.60 bits per heavy atom. The molecule has 0 aromatic rings. The van der Waals surface area contributed by atoms with Crippen molar-refractivity contribution in [2.75, 3.05) is 13.2 Å². The molecule has 0 saturated heterocycles. The summed E-state index contributed by atoms with van der Waals surface area (Å²) >= 11 is 0. The van der Waals surface area contributed by atoms with Gasteiger partial charge in [0.2, 0.25) is 5.91 Å². The monoisotopic (exact) mass is 214 g/mol. The lowest BCUT2D eigenvalue weighted by Crippen LogP contribution is -2.48. The standard InChI is InChI=1S/C11H22N2O2/c1-5-15-8-6-7-13-10(14)9(12)11(2,3)4/h5,9H,1,6-8,12H2,2-4H3,(H,13,14)/t9-/m0/s1. The third-order valence-electron chi connectivity index (χ3n) is 2.07. The second kappa shape index (κ2) is 6.45. The number of hydrogen-bond donors (Lipinski definition) is 2. The number of rotatable bonds is 6. The second-order valence-electron chi connectivity index (χ2n) is 4.53. The topological polar surface area (TPSA) is 64.3 Å². The summed E-state index contributed by atoms with van der Waals surface area (Å²) in [6.45, 7) is 10.4. The molecule has 1 atom stereocenters. The summed E-state index contributed by atoms with van der Waals surface area (Å²) in [7, 11) is 0. The van der Waals surface area contributed by atoms with Gasteiger partial charge in [0.05, 0.1) is 18.9 Å². The maximum absolute atomic E-state index is 11.5. The highest BCUT2D eigenvalue weighted by molar-refractivity contribution is 5.82. The Kier molecular flexibility index (Phi) is 6.01. The maximum Gasteiger partial charge on any atom is 0.237 e. The van der Waals surface area contributed by atoms with Gasteiger partial charge in [-0.15, -0.1) is 0 Å². The van der Waals surface area contributed by atoms with E-state index in [2.05, 4.69) is 11.9 Å². The van der Waals surface area contributed by atoms with Gasteiger partial charge in [0.25, 0.3) is 0 Å². The van der Waals surface area contributed by atoms with Crippen LogP contribution in [0, 0.1) is 5.41 Å². The van der Waals surface area contributed by atoms with Crippen LogP contribution in [0.2, 0.25) is 0 Å². The molecule has 1 amide bonds. The number of amides is 1. The third kappa shape index (κ3) is 6.12. The SMILES string of the molecule is C=COCCCNC(=O)[C@H](N)C(C)(C)C. The van der Waals surface area contributed by atoms with Crippen molar-refractivity contribution in [1.29, 1.82) is 0 Å². The molecule has 3 N–H and O–H groups in total. The lowest BCUT2D eigenvalue weighted by Gasteiger charge is -2.25. The summed E-state index contributed by atoms with van der Waals surface area (Å²) in [5, 5.41) is 2.77. The van der Waals surface area contributed by atoms with E-state index in [0.717, 1.165) is 6.42 Å². The Morgan fingerprint density at radius 2 is 2.20 bits per heavy atom. The molecular weight excluding hydrogens is 192 g/mol. The molecule has 0 heterocycles. The van der Waals surface area contributed by atoms with Crippen LogP contribution in [0.4, 0.5) is 0 Å². The zero-order chi connectivity index (χ0) is 11.9. The van der Waals surface area contributed by atoms with Gasteiger partial charge < -0.3 is 15.8 Å². The van der Waals surface area contributed by atoms with E-state index >= 15 is 0 Å². The second-order valence-corrected chi connectivity index (χ2v) is 4.53. The minimum atomic E-state index is -0.474. The number of carbonyl (C=O) groups excluding carboxylic acids is 1. The molecule has 0 rings (SSSR count). The molecule has 0 unspecified atom stereocenters. The highest BCUT2D eigenvalue weighted by Crippen LogP contribution is 2.16. The fourth-order valence-corrected chi connectivity index (χ4v) is 0.954. The van der Waals surface area contributed by atoms with E-state index in [1.807, 2.05) is 20.8 Å². The van der Waals surface area contributed by atoms with Crippen LogP contribution in [-0.2, 0) is 9.53 Å². The number of nitrogens with one attached hydrogen (secondary N) is 1. The zero-order valence-electron chi connectivity index (χ0n) is 9.88. The van der Waals surface area contributed by atoms with Crippen molar-refractivity contribution in [1.82, 2.24) is 5.32 Å². The van der Waals surface area contributed by atoms with Crippen molar-refractivity contribution in [3.63, 3.8) is 0 Å². The Hall–Kier alpha value is -1.03. The van der Waals surface area contributed by atoms with E-state index in [1.165, 1.54) is 6.26 Å². The molecule has 0 radical (unpaired) electrons. The molecule has 0 aliphatic heterocycles. The van der Waals surface area contributed by atoms with Gasteiger partial charge >= 0.3 is 0 Å². The molecule has 0 fully saturated rings. The van der Waals surface area contributed by atoms with Crippen LogP contribution >= 0.6 is 0 Å². The van der Waals surface area contributed by atoms with Crippen LogP contribution in [-0.4, -0.2) is 25.1 Å². The van der Waals surface area contributed by atoms with Gasteiger partial charge in [-0.3, -0.25) is 4.79 Å². The van der Waals surface area contributed by atoms with Crippen molar-refractivity contribution in [3.8, 4) is 0 Å². The molecular formula is C11H22N2O2. The van der Waals surface area contributed by atoms with Crippen molar-refractivity contribution < 1.29 is 9.53 Å². The van der Waals surface area contributed by atoms with Crippen LogP contribution < -0.4 is 11.1 Å². The fraction of sp³-hybridized carbons (Fsp3) is 0.727. The first kappa shape index (κ1) is 14.0. The van der Waals surface area contributed by atoms with Gasteiger partial charge in [-0.05, 0) is 11.8 Å². The molecule has 0 aromatic heterocycles. The molecule has 0 bridgehead atoms. The Morgan fingerprint density at radius 3 is 2.67 bits per heavy atom. The first-order valence-electron chi connectivity index (χ1n) is 5.15. The van der Waals surface area contributed by atoms with E-state index in [4.69, 9.17) is 10.5 Å². The lowest BCUT2D eigenvalue weighted by atomic mass is 9.87. The molecule has 0 aliphatic rings. The summed E-state index contributed by atoms with van der Waals surface area (Å²) < 4.78 is 4.92. The normalized spacial score (nSPS) is 13.1. The molecule has 15 heavy (non-hydrogen) atoms. The fourth-order valence-electron chi connectivity index (χ4n) is 0.954. The summed E-state index contributed by atoms with van der Waals surface area (Å²) in [5.41, 5.74) is 5.57. The van der Waals surface area contributed by atoms with Crippen LogP contribution in [0.5, 0.6) is 0 Å². The predicted octanol–water partition coefficient (Wildman–Crippen LogP) is 1.03. The summed E-state index contributed by atoms with van der Waals surface area (Å²) in [6, 6.07) is -0.474. The molecule has 4 heteroatoms. The van der Waals surface area contributed by atoms with Crippen molar-refractivity contribution >= 4 is 5.91 Å². The Bertz CT molecular complexity index is 209. The minimum absolute atomic E-state index is 0.110. The van der Waals surface area contributed by atoms with E-state index in [9.17, 15) is 4.79 Å². The minimum Gasteiger partial charge on any atom is -0.502 e. The zero-order valence-corrected chi connectivity index (χ0v) is 9.88. The van der Waals surface area contributed by atoms with Gasteiger partial charge in [-0.25, -0.2) is 0 Å². The summed E-state index contributed by atoms with van der Waals surface area (Å²) in [6.07, 6.45) is 2.15. The average molecular weight is 214 g/mol. The highest BCUT2D eigenvalue weighted by Gasteiger charge is 2.26. The smallest absolute Gasteiger partial charge is 0.237 e. The lowest BCUT2D eigenvalue weighted by molar-refractivity contribution is -0.124. The molecule has 0 saturated carbocycles. The van der Waals surface area contributed by atoms with Crippen molar-refractivity contribution in [3.05, 3.63) is 12.8 Å². The Labute approximate surface area is 91.9 Å². The van der Waals surface area contributed by atoms with Gasteiger partial charge in [0, 0.05) is 6.54 Å². The van der Waals surface area contributed by atoms with Crippen LogP contribution in [0.25, 0.3) is 0 Å². The number of hydrogen-bond acceptors (Lipinski definition) is 3. The third-order valence-corrected chi connectivity index (χ3v) is 2.07. The average Bonchev–Trinajstić information content (AvgIpc) is 2.14. The van der Waals surface area contributed by atoms with Gasteiger partial charge in [-0.2, -0.15) is 0 Å². The largest absolute Gasteiger partial charge is 0.502 e. The quantitative estimate of drug-likeness (QED) is 0.512. The van der Waals surface area contributed by atoms with Crippen LogP contribution in [0.1, 0.15) is 27.2 Å². The predicted molar refractivity (Wildman–Crippen MR) is 61.2 cm³/mol.